The number of halogens is 1. The highest BCUT2D eigenvalue weighted by molar-refractivity contribution is 6.32. The topological polar surface area (TPSA) is 58.0 Å². The molecule has 6 nitrogen and oxygen atoms in total. The van der Waals surface area contributed by atoms with Crippen LogP contribution in [0.5, 0.6) is 0 Å². The van der Waals surface area contributed by atoms with Crippen molar-refractivity contribution in [3.63, 3.8) is 0 Å². The number of aromatic nitrogens is 4. The summed E-state index contributed by atoms with van der Waals surface area (Å²) in [5.74, 6) is 1.63. The van der Waals surface area contributed by atoms with Gasteiger partial charge in [-0.25, -0.2) is 9.97 Å². The number of para-hydroxylation sites is 2. The van der Waals surface area contributed by atoms with Gasteiger partial charge in [-0.3, -0.25) is 0 Å². The normalized spacial score (nSPS) is 14.4. The number of hydrogen-bond donors (Lipinski definition) is 0. The van der Waals surface area contributed by atoms with E-state index in [9.17, 15) is 0 Å². The van der Waals surface area contributed by atoms with Crippen LogP contribution in [0.15, 0.2) is 66.7 Å². The minimum atomic E-state index is 0.448. The molecular formula is C22H19ClN6. The molecule has 1 aliphatic heterocycles. The summed E-state index contributed by atoms with van der Waals surface area (Å²) in [6, 6.07) is 21.9. The molecule has 1 fully saturated rings. The predicted octanol–water partition coefficient (Wildman–Crippen LogP) is 4.07. The maximum atomic E-state index is 6.41. The van der Waals surface area contributed by atoms with E-state index >= 15 is 0 Å². The third-order valence-corrected chi connectivity index (χ3v) is 5.39. The molecule has 0 aliphatic carbocycles. The van der Waals surface area contributed by atoms with Crippen molar-refractivity contribution in [3.8, 4) is 11.3 Å². The van der Waals surface area contributed by atoms with Crippen molar-refractivity contribution in [2.75, 3.05) is 36.0 Å². The van der Waals surface area contributed by atoms with Crippen LogP contribution in [-0.2, 0) is 0 Å². The molecule has 29 heavy (non-hydrogen) atoms. The molecule has 0 spiro atoms. The van der Waals surface area contributed by atoms with Crippen molar-refractivity contribution in [2.24, 2.45) is 0 Å². The zero-order chi connectivity index (χ0) is 19.6. The van der Waals surface area contributed by atoms with Crippen LogP contribution >= 0.6 is 11.6 Å². The van der Waals surface area contributed by atoms with Gasteiger partial charge in [0.1, 0.15) is 0 Å². The smallest absolute Gasteiger partial charge is 0.172 e. The van der Waals surface area contributed by atoms with Crippen LogP contribution in [0.3, 0.4) is 0 Å². The second-order valence-corrected chi connectivity index (χ2v) is 7.30. The zero-order valence-corrected chi connectivity index (χ0v) is 16.5. The molecule has 0 amide bonds. The molecule has 5 rings (SSSR count). The molecule has 0 unspecified atom stereocenters. The molecule has 144 valence electrons. The van der Waals surface area contributed by atoms with Crippen LogP contribution in [0.1, 0.15) is 0 Å². The number of rotatable bonds is 3. The average Bonchev–Trinajstić information content (AvgIpc) is 2.79. The van der Waals surface area contributed by atoms with Gasteiger partial charge in [0.25, 0.3) is 0 Å². The number of fused-ring (bicyclic) bond motifs is 1. The van der Waals surface area contributed by atoms with Gasteiger partial charge in [0.15, 0.2) is 16.8 Å². The first-order chi connectivity index (χ1) is 14.3. The third kappa shape index (κ3) is 3.59. The fourth-order valence-corrected chi connectivity index (χ4v) is 3.83. The van der Waals surface area contributed by atoms with E-state index < -0.39 is 0 Å². The lowest BCUT2D eigenvalue weighted by Crippen LogP contribution is -2.47. The summed E-state index contributed by atoms with van der Waals surface area (Å²) in [4.78, 5) is 13.6. The molecule has 0 N–H and O–H groups in total. The number of anilines is 2. The van der Waals surface area contributed by atoms with Gasteiger partial charge in [-0.2, -0.15) is 0 Å². The molecular weight excluding hydrogens is 384 g/mol. The van der Waals surface area contributed by atoms with E-state index in [4.69, 9.17) is 16.6 Å². The van der Waals surface area contributed by atoms with Gasteiger partial charge in [0, 0.05) is 31.7 Å². The molecule has 4 aromatic rings. The molecule has 0 bridgehead atoms. The fraction of sp³-hybridized carbons (Fsp3) is 0.182. The van der Waals surface area contributed by atoms with Gasteiger partial charge in [-0.15, -0.1) is 10.2 Å². The first kappa shape index (κ1) is 17.8. The van der Waals surface area contributed by atoms with Crippen molar-refractivity contribution in [1.82, 2.24) is 20.2 Å². The Morgan fingerprint density at radius 1 is 0.655 bits per heavy atom. The summed E-state index contributed by atoms with van der Waals surface area (Å²) in [5, 5.41) is 9.29. The Morgan fingerprint density at radius 2 is 1.31 bits per heavy atom. The molecule has 2 aromatic carbocycles. The maximum absolute atomic E-state index is 6.41. The van der Waals surface area contributed by atoms with Gasteiger partial charge in [0.2, 0.25) is 0 Å². The second kappa shape index (κ2) is 7.64. The van der Waals surface area contributed by atoms with E-state index in [1.807, 2.05) is 66.7 Å². The Bertz CT molecular complexity index is 1130. The van der Waals surface area contributed by atoms with Crippen LogP contribution in [0.25, 0.3) is 22.3 Å². The number of benzene rings is 2. The highest BCUT2D eigenvalue weighted by Gasteiger charge is 2.22. The largest absolute Gasteiger partial charge is 0.352 e. The van der Waals surface area contributed by atoms with E-state index in [0.717, 1.165) is 60.1 Å². The fourth-order valence-electron chi connectivity index (χ4n) is 3.57. The number of piperazine rings is 1. The van der Waals surface area contributed by atoms with Crippen LogP contribution in [-0.4, -0.2) is 46.3 Å². The minimum absolute atomic E-state index is 0.448. The molecule has 0 atom stereocenters. The van der Waals surface area contributed by atoms with Crippen LogP contribution < -0.4 is 9.80 Å². The molecule has 0 radical (unpaired) electrons. The lowest BCUT2D eigenvalue weighted by atomic mass is 10.1. The average molecular weight is 403 g/mol. The summed E-state index contributed by atoms with van der Waals surface area (Å²) in [5.41, 5.74) is 3.62. The maximum Gasteiger partial charge on any atom is 0.172 e. The molecule has 2 aromatic heterocycles. The lowest BCUT2D eigenvalue weighted by Gasteiger charge is -2.36. The first-order valence-corrected chi connectivity index (χ1v) is 9.97. The van der Waals surface area contributed by atoms with Crippen molar-refractivity contribution in [3.05, 3.63) is 71.9 Å². The van der Waals surface area contributed by atoms with E-state index in [2.05, 4.69) is 25.0 Å². The van der Waals surface area contributed by atoms with E-state index in [1.165, 1.54) is 0 Å². The van der Waals surface area contributed by atoms with Crippen molar-refractivity contribution in [2.45, 2.75) is 0 Å². The number of hydrogen-bond acceptors (Lipinski definition) is 6. The summed E-state index contributed by atoms with van der Waals surface area (Å²) < 4.78 is 0. The molecule has 0 saturated carbocycles. The van der Waals surface area contributed by atoms with Gasteiger partial charge >= 0.3 is 0 Å². The summed E-state index contributed by atoms with van der Waals surface area (Å²) in [6.45, 7) is 3.25. The van der Waals surface area contributed by atoms with Gasteiger partial charge < -0.3 is 9.80 Å². The number of nitrogens with zero attached hydrogens (tertiary/aromatic N) is 6. The van der Waals surface area contributed by atoms with Crippen molar-refractivity contribution in [1.29, 1.82) is 0 Å². The summed E-state index contributed by atoms with van der Waals surface area (Å²) in [7, 11) is 0. The molecule has 1 saturated heterocycles. The Morgan fingerprint density at radius 3 is 2.00 bits per heavy atom. The van der Waals surface area contributed by atoms with Crippen molar-refractivity contribution >= 4 is 34.3 Å². The van der Waals surface area contributed by atoms with E-state index in [-0.39, 0.29) is 0 Å². The standard InChI is InChI=1S/C22H19ClN6/c23-21-22(25-19-9-5-4-8-18(19)24-21)29-14-12-28(13-15-29)20-11-10-17(26-27-20)16-6-2-1-3-7-16/h1-11H,12-15H2. The predicted molar refractivity (Wildman–Crippen MR) is 116 cm³/mol. The minimum Gasteiger partial charge on any atom is -0.352 e. The highest BCUT2D eigenvalue weighted by Crippen LogP contribution is 2.26. The van der Waals surface area contributed by atoms with Crippen molar-refractivity contribution < 1.29 is 0 Å². The zero-order valence-electron chi connectivity index (χ0n) is 15.7. The Kier molecular flexibility index (Phi) is 4.69. The second-order valence-electron chi connectivity index (χ2n) is 6.94. The first-order valence-electron chi connectivity index (χ1n) is 9.59. The monoisotopic (exact) mass is 402 g/mol. The Labute approximate surface area is 173 Å². The van der Waals surface area contributed by atoms with Gasteiger partial charge in [-0.05, 0) is 24.3 Å². The van der Waals surface area contributed by atoms with Crippen LogP contribution in [0.4, 0.5) is 11.6 Å². The summed E-state index contributed by atoms with van der Waals surface area (Å²) in [6.07, 6.45) is 0. The Balaban J connectivity index is 1.30. The Hall–Kier alpha value is -3.25. The van der Waals surface area contributed by atoms with Gasteiger partial charge in [-0.1, -0.05) is 54.1 Å². The summed E-state index contributed by atoms with van der Waals surface area (Å²) >= 11 is 6.41. The molecule has 7 heteroatoms. The van der Waals surface area contributed by atoms with Crippen LogP contribution in [0.2, 0.25) is 5.15 Å². The van der Waals surface area contributed by atoms with Crippen LogP contribution in [0, 0.1) is 0 Å². The lowest BCUT2D eigenvalue weighted by molar-refractivity contribution is 0.638. The SMILES string of the molecule is Clc1nc2ccccc2nc1N1CCN(c2ccc(-c3ccccc3)nn2)CC1. The highest BCUT2D eigenvalue weighted by atomic mass is 35.5. The molecule has 1 aliphatic rings. The quantitative estimate of drug-likeness (QED) is 0.515. The van der Waals surface area contributed by atoms with Gasteiger partial charge in [0.05, 0.1) is 16.7 Å². The van der Waals surface area contributed by atoms with E-state index in [1.54, 1.807) is 0 Å². The molecule has 3 heterocycles. The third-order valence-electron chi connectivity index (χ3n) is 5.13. The van der Waals surface area contributed by atoms with E-state index in [0.29, 0.717) is 5.15 Å².